The van der Waals surface area contributed by atoms with Gasteiger partial charge in [-0.3, -0.25) is 9.59 Å². The maximum absolute atomic E-state index is 11.2. The van der Waals surface area contributed by atoms with Gasteiger partial charge in [-0.15, -0.1) is 0 Å². The van der Waals surface area contributed by atoms with Gasteiger partial charge in [0.2, 0.25) is 8.32 Å². The van der Waals surface area contributed by atoms with E-state index >= 15 is 0 Å². The lowest BCUT2D eigenvalue weighted by Gasteiger charge is -2.17. The molecule has 0 bridgehead atoms. The standard InChI is InChI=1S/C8H17O4Si2/c1-13(2)11-7(9)6-8(10)12-14(3,4)5/h6H2,1-5H3. The van der Waals surface area contributed by atoms with E-state index in [9.17, 15) is 9.59 Å². The molecule has 1 radical (unpaired) electrons. The molecule has 4 nitrogen and oxygen atoms in total. The van der Waals surface area contributed by atoms with E-state index < -0.39 is 29.3 Å². The van der Waals surface area contributed by atoms with Gasteiger partial charge in [-0.2, -0.15) is 0 Å². The fourth-order valence-corrected chi connectivity index (χ4v) is 2.04. The summed E-state index contributed by atoms with van der Waals surface area (Å²) in [6.07, 6.45) is -0.264. The van der Waals surface area contributed by atoms with Crippen molar-refractivity contribution in [3.8, 4) is 0 Å². The Balaban J connectivity index is 3.90. The SMILES string of the molecule is C[Si](C)OC(=O)CC(=O)O[Si](C)(C)C. The summed E-state index contributed by atoms with van der Waals surface area (Å²) in [5.41, 5.74) is 0. The molecule has 0 unspecified atom stereocenters. The third-order valence-electron chi connectivity index (χ3n) is 1.03. The third-order valence-corrected chi connectivity index (χ3v) is 2.50. The molecular weight excluding hydrogens is 216 g/mol. The van der Waals surface area contributed by atoms with Gasteiger partial charge in [-0.05, 0) is 32.7 Å². The fourth-order valence-electron chi connectivity index (χ4n) is 0.759. The van der Waals surface area contributed by atoms with E-state index in [1.54, 1.807) is 0 Å². The lowest BCUT2D eigenvalue weighted by atomic mass is 10.5. The highest BCUT2D eigenvalue weighted by atomic mass is 28.4. The highest BCUT2D eigenvalue weighted by Crippen LogP contribution is 2.05. The topological polar surface area (TPSA) is 52.6 Å². The summed E-state index contributed by atoms with van der Waals surface area (Å²) in [5, 5.41) is 0. The lowest BCUT2D eigenvalue weighted by Crippen LogP contribution is -2.31. The first-order valence-electron chi connectivity index (χ1n) is 4.43. The van der Waals surface area contributed by atoms with Crippen LogP contribution in [-0.4, -0.2) is 29.3 Å². The molecular formula is C8H17O4Si2. The molecule has 0 aromatic carbocycles. The quantitative estimate of drug-likeness (QED) is 0.546. The molecule has 0 N–H and O–H groups in total. The number of carbonyl (C=O) groups is 2. The molecule has 0 heterocycles. The molecule has 0 spiro atoms. The molecule has 81 valence electrons. The summed E-state index contributed by atoms with van der Waals surface area (Å²) < 4.78 is 10.0. The van der Waals surface area contributed by atoms with Crippen LogP contribution in [0.25, 0.3) is 0 Å². The first kappa shape index (κ1) is 13.4. The summed E-state index contributed by atoms with van der Waals surface area (Å²) in [4.78, 5) is 22.2. The van der Waals surface area contributed by atoms with Crippen LogP contribution in [0.4, 0.5) is 0 Å². The Bertz CT molecular complexity index is 220. The average Bonchev–Trinajstić information content (AvgIpc) is 1.77. The Morgan fingerprint density at radius 2 is 1.64 bits per heavy atom. The number of hydrogen-bond donors (Lipinski definition) is 0. The van der Waals surface area contributed by atoms with Gasteiger partial charge in [0.1, 0.15) is 6.42 Å². The molecule has 0 rings (SSSR count). The van der Waals surface area contributed by atoms with E-state index in [4.69, 9.17) is 8.85 Å². The van der Waals surface area contributed by atoms with Crippen LogP contribution in [-0.2, 0) is 18.4 Å². The van der Waals surface area contributed by atoms with Crippen LogP contribution in [0.15, 0.2) is 0 Å². The van der Waals surface area contributed by atoms with Crippen molar-refractivity contribution in [2.75, 3.05) is 0 Å². The fraction of sp³-hybridized carbons (Fsp3) is 0.750. The van der Waals surface area contributed by atoms with Crippen molar-refractivity contribution in [3.05, 3.63) is 0 Å². The van der Waals surface area contributed by atoms with Crippen LogP contribution >= 0.6 is 0 Å². The highest BCUT2D eigenvalue weighted by Gasteiger charge is 2.22. The highest BCUT2D eigenvalue weighted by molar-refractivity contribution is 6.71. The minimum absolute atomic E-state index is 0.264. The van der Waals surface area contributed by atoms with E-state index in [1.165, 1.54) is 0 Å². The van der Waals surface area contributed by atoms with Gasteiger partial charge in [0.05, 0.1) is 0 Å². The van der Waals surface area contributed by atoms with Crippen molar-refractivity contribution in [3.63, 3.8) is 0 Å². The summed E-state index contributed by atoms with van der Waals surface area (Å²) >= 11 is 0. The van der Waals surface area contributed by atoms with E-state index in [1.807, 2.05) is 32.7 Å². The van der Waals surface area contributed by atoms with Crippen molar-refractivity contribution in [1.82, 2.24) is 0 Å². The van der Waals surface area contributed by atoms with Gasteiger partial charge in [0.15, 0.2) is 0 Å². The summed E-state index contributed by atoms with van der Waals surface area (Å²) in [6, 6.07) is 0. The Kier molecular flexibility index (Phi) is 5.07. The van der Waals surface area contributed by atoms with Crippen molar-refractivity contribution in [2.45, 2.75) is 39.2 Å². The van der Waals surface area contributed by atoms with Crippen LogP contribution in [0.1, 0.15) is 6.42 Å². The molecule has 6 heteroatoms. The van der Waals surface area contributed by atoms with E-state index in [0.29, 0.717) is 0 Å². The maximum atomic E-state index is 11.2. The van der Waals surface area contributed by atoms with E-state index in [-0.39, 0.29) is 6.42 Å². The molecule has 0 aromatic rings. The molecule has 14 heavy (non-hydrogen) atoms. The van der Waals surface area contributed by atoms with Crippen LogP contribution in [0.2, 0.25) is 32.7 Å². The zero-order valence-corrected chi connectivity index (χ0v) is 11.3. The molecule has 0 aromatic heterocycles. The minimum atomic E-state index is -1.88. The van der Waals surface area contributed by atoms with E-state index in [2.05, 4.69) is 0 Å². The monoisotopic (exact) mass is 233 g/mol. The number of carbonyl (C=O) groups excluding carboxylic acids is 2. The predicted molar refractivity (Wildman–Crippen MR) is 57.6 cm³/mol. The molecule has 0 amide bonds. The smallest absolute Gasteiger partial charge is 0.303 e. The van der Waals surface area contributed by atoms with Gasteiger partial charge in [0.25, 0.3) is 9.04 Å². The second kappa shape index (κ2) is 5.30. The molecule has 0 saturated heterocycles. The second-order valence-corrected chi connectivity index (χ2v) is 10.6. The van der Waals surface area contributed by atoms with Crippen molar-refractivity contribution in [2.24, 2.45) is 0 Å². The van der Waals surface area contributed by atoms with Crippen LogP contribution in [0.3, 0.4) is 0 Å². The molecule has 0 aliphatic carbocycles. The van der Waals surface area contributed by atoms with Crippen LogP contribution < -0.4 is 0 Å². The lowest BCUT2D eigenvalue weighted by molar-refractivity contribution is -0.144. The van der Waals surface area contributed by atoms with Gasteiger partial charge >= 0.3 is 11.9 Å². The second-order valence-electron chi connectivity index (χ2n) is 4.15. The van der Waals surface area contributed by atoms with Crippen LogP contribution in [0.5, 0.6) is 0 Å². The maximum Gasteiger partial charge on any atom is 0.303 e. The molecule has 0 fully saturated rings. The Labute approximate surface area is 87.4 Å². The molecule has 0 atom stereocenters. The zero-order valence-electron chi connectivity index (χ0n) is 9.34. The largest absolute Gasteiger partial charge is 0.519 e. The number of hydrogen-bond acceptors (Lipinski definition) is 4. The Morgan fingerprint density at radius 1 is 1.14 bits per heavy atom. The van der Waals surface area contributed by atoms with Crippen LogP contribution in [0, 0.1) is 0 Å². The molecule has 0 saturated carbocycles. The molecule has 0 aliphatic heterocycles. The summed E-state index contributed by atoms with van der Waals surface area (Å²) in [5.74, 6) is -0.954. The van der Waals surface area contributed by atoms with Gasteiger partial charge in [-0.1, -0.05) is 0 Å². The Hall–Kier alpha value is -0.626. The zero-order chi connectivity index (χ0) is 11.4. The number of rotatable bonds is 4. The molecule has 0 aliphatic rings. The van der Waals surface area contributed by atoms with Gasteiger partial charge < -0.3 is 8.85 Å². The van der Waals surface area contributed by atoms with E-state index in [0.717, 1.165) is 0 Å². The summed E-state index contributed by atoms with van der Waals surface area (Å²) in [7, 11) is -2.94. The average molecular weight is 233 g/mol. The Morgan fingerprint density at radius 3 is 2.00 bits per heavy atom. The predicted octanol–water partition coefficient (Wildman–Crippen LogP) is 1.55. The summed E-state index contributed by atoms with van der Waals surface area (Å²) in [6.45, 7) is 9.36. The first-order valence-corrected chi connectivity index (χ1v) is 10.2. The third kappa shape index (κ3) is 7.99. The van der Waals surface area contributed by atoms with Crippen molar-refractivity contribution in [1.29, 1.82) is 0 Å². The van der Waals surface area contributed by atoms with Gasteiger partial charge in [-0.25, -0.2) is 0 Å². The van der Waals surface area contributed by atoms with Gasteiger partial charge in [0, 0.05) is 0 Å². The minimum Gasteiger partial charge on any atom is -0.519 e. The first-order chi connectivity index (χ1) is 6.20. The van der Waals surface area contributed by atoms with Crippen molar-refractivity contribution >= 4 is 29.3 Å². The van der Waals surface area contributed by atoms with Crippen molar-refractivity contribution < 1.29 is 18.4 Å². The normalized spacial score (nSPS) is 11.3.